The quantitative estimate of drug-likeness (QED) is 0.532. The highest BCUT2D eigenvalue weighted by Gasteiger charge is 2.28. The molecule has 2 aromatic carbocycles. The molecule has 0 radical (unpaired) electrons. The van der Waals surface area contributed by atoms with E-state index in [0.29, 0.717) is 0 Å². The Morgan fingerprint density at radius 1 is 0.857 bits per heavy atom. The smallest absolute Gasteiger partial charge is 0.113 e. The lowest BCUT2D eigenvalue weighted by Crippen LogP contribution is -2.42. The Kier molecular flexibility index (Phi) is 4.50. The van der Waals surface area contributed by atoms with E-state index in [9.17, 15) is 0 Å². The lowest BCUT2D eigenvalue weighted by molar-refractivity contribution is -0.0108. The number of hydrogen-bond acceptors (Lipinski definition) is 6. The molecule has 5 rings (SSSR count). The summed E-state index contributed by atoms with van der Waals surface area (Å²) in [6.07, 6.45) is 0.926. The van der Waals surface area contributed by atoms with Gasteiger partial charge in [-0.15, -0.1) is 10.2 Å². The summed E-state index contributed by atoms with van der Waals surface area (Å²) in [5.41, 5.74) is 3.94. The molecule has 144 valence electrons. The fourth-order valence-electron chi connectivity index (χ4n) is 4.00. The van der Waals surface area contributed by atoms with Crippen LogP contribution in [0.25, 0.3) is 22.1 Å². The molecule has 0 aliphatic carbocycles. The molecule has 0 spiro atoms. The van der Waals surface area contributed by atoms with Gasteiger partial charge in [0.15, 0.2) is 0 Å². The van der Waals surface area contributed by atoms with Crippen LogP contribution in [0.4, 0.5) is 0 Å². The summed E-state index contributed by atoms with van der Waals surface area (Å²) < 4.78 is 9.64. The number of hydrogen-bond donors (Lipinski definition) is 0. The van der Waals surface area contributed by atoms with Crippen LogP contribution in [-0.2, 0) is 4.74 Å². The van der Waals surface area contributed by atoms with Crippen molar-refractivity contribution >= 4 is 22.1 Å². The van der Waals surface area contributed by atoms with Gasteiger partial charge < -0.3 is 4.74 Å². The third-order valence-corrected chi connectivity index (χ3v) is 5.47. The van der Waals surface area contributed by atoms with Gasteiger partial charge in [0.1, 0.15) is 17.2 Å². The van der Waals surface area contributed by atoms with E-state index >= 15 is 0 Å². The van der Waals surface area contributed by atoms with Gasteiger partial charge in [-0.1, -0.05) is 34.7 Å². The molecule has 8 heteroatoms. The molecule has 2 unspecified atom stereocenters. The number of para-hydroxylation sites is 2. The zero-order valence-corrected chi connectivity index (χ0v) is 15.8. The third kappa shape index (κ3) is 3.04. The van der Waals surface area contributed by atoms with Crippen LogP contribution in [0.15, 0.2) is 48.5 Å². The second-order valence-electron chi connectivity index (χ2n) is 7.26. The summed E-state index contributed by atoms with van der Waals surface area (Å²) in [6, 6.07) is 16.4. The summed E-state index contributed by atoms with van der Waals surface area (Å²) in [5.74, 6) is 0. The summed E-state index contributed by atoms with van der Waals surface area (Å²) in [5, 5.41) is 17.6. The van der Waals surface area contributed by atoms with E-state index in [1.165, 1.54) is 0 Å². The molecule has 8 nitrogen and oxygen atoms in total. The predicted molar refractivity (Wildman–Crippen MR) is 106 cm³/mol. The van der Waals surface area contributed by atoms with Gasteiger partial charge in [-0.2, -0.15) is 0 Å². The van der Waals surface area contributed by atoms with Gasteiger partial charge in [-0.05, 0) is 31.2 Å². The summed E-state index contributed by atoms with van der Waals surface area (Å²) in [4.78, 5) is 2.43. The molecule has 0 bridgehead atoms. The van der Waals surface area contributed by atoms with Crippen LogP contribution in [0.5, 0.6) is 0 Å². The first-order valence-corrected chi connectivity index (χ1v) is 9.73. The molecule has 1 aliphatic heterocycles. The average molecular weight is 377 g/mol. The first kappa shape index (κ1) is 17.3. The maximum absolute atomic E-state index is 5.58. The fraction of sp³-hybridized carbons (Fsp3) is 0.400. The van der Waals surface area contributed by atoms with Crippen LogP contribution in [0.2, 0.25) is 0 Å². The topological polar surface area (TPSA) is 73.9 Å². The molecule has 1 saturated heterocycles. The zero-order chi connectivity index (χ0) is 18.9. The summed E-state index contributed by atoms with van der Waals surface area (Å²) in [6.45, 7) is 5.43. The van der Waals surface area contributed by atoms with E-state index in [-0.39, 0.29) is 12.2 Å². The van der Waals surface area contributed by atoms with E-state index in [4.69, 9.17) is 4.74 Å². The highest BCUT2D eigenvalue weighted by Crippen LogP contribution is 2.29. The molecular formula is C20H23N7O. The van der Waals surface area contributed by atoms with Crippen LogP contribution in [-0.4, -0.2) is 61.2 Å². The Labute approximate surface area is 162 Å². The Balaban J connectivity index is 1.51. The van der Waals surface area contributed by atoms with Gasteiger partial charge in [-0.3, -0.25) is 4.90 Å². The van der Waals surface area contributed by atoms with Gasteiger partial charge in [0, 0.05) is 19.5 Å². The normalized spacial score (nSPS) is 17.9. The van der Waals surface area contributed by atoms with Gasteiger partial charge >= 0.3 is 0 Å². The number of nitrogens with zero attached hydrogens (tertiary/aromatic N) is 7. The molecule has 2 atom stereocenters. The summed E-state index contributed by atoms with van der Waals surface area (Å²) in [7, 11) is 0. The van der Waals surface area contributed by atoms with Crippen molar-refractivity contribution in [3.8, 4) is 0 Å². The molecule has 2 aromatic heterocycles. The highest BCUT2D eigenvalue weighted by atomic mass is 16.5. The SMILES string of the molecule is CC(CC(N1CCOCC1)n1nnc2ccccc21)n1nnc2ccccc21. The third-order valence-electron chi connectivity index (χ3n) is 5.47. The zero-order valence-electron chi connectivity index (χ0n) is 15.8. The number of rotatable bonds is 5. The van der Waals surface area contributed by atoms with Crippen molar-refractivity contribution < 1.29 is 4.74 Å². The van der Waals surface area contributed by atoms with Crippen molar-refractivity contribution in [3.05, 3.63) is 48.5 Å². The van der Waals surface area contributed by atoms with Crippen molar-refractivity contribution in [2.75, 3.05) is 26.3 Å². The second-order valence-corrected chi connectivity index (χ2v) is 7.26. The van der Waals surface area contributed by atoms with Crippen LogP contribution < -0.4 is 0 Å². The maximum Gasteiger partial charge on any atom is 0.113 e. The highest BCUT2D eigenvalue weighted by molar-refractivity contribution is 5.74. The van der Waals surface area contributed by atoms with Crippen molar-refractivity contribution in [1.82, 2.24) is 34.9 Å². The number of benzene rings is 2. The molecular weight excluding hydrogens is 354 g/mol. The van der Waals surface area contributed by atoms with E-state index in [1.807, 2.05) is 41.1 Å². The van der Waals surface area contributed by atoms with Gasteiger partial charge in [-0.25, -0.2) is 9.36 Å². The Morgan fingerprint density at radius 3 is 2.11 bits per heavy atom. The molecule has 0 N–H and O–H groups in total. The first-order valence-electron chi connectivity index (χ1n) is 9.73. The maximum atomic E-state index is 5.58. The predicted octanol–water partition coefficient (Wildman–Crippen LogP) is 2.66. The number of morpholine rings is 1. The Bertz CT molecular complexity index is 1080. The van der Waals surface area contributed by atoms with Gasteiger partial charge in [0.25, 0.3) is 0 Å². The molecule has 4 aromatic rings. The first-order chi connectivity index (χ1) is 13.8. The Morgan fingerprint density at radius 2 is 1.43 bits per heavy atom. The number of ether oxygens (including phenoxy) is 1. The number of fused-ring (bicyclic) bond motifs is 2. The molecule has 1 fully saturated rings. The lowest BCUT2D eigenvalue weighted by Gasteiger charge is -2.35. The average Bonchev–Trinajstić information content (AvgIpc) is 3.37. The van der Waals surface area contributed by atoms with Crippen LogP contribution in [0.3, 0.4) is 0 Å². The second kappa shape index (κ2) is 7.29. The lowest BCUT2D eigenvalue weighted by atomic mass is 10.1. The van der Waals surface area contributed by atoms with Crippen molar-refractivity contribution in [1.29, 1.82) is 0 Å². The van der Waals surface area contributed by atoms with E-state index in [1.54, 1.807) is 0 Å². The molecule has 0 amide bonds. The standard InChI is InChI=1S/C20H23N7O/c1-15(26-18-8-4-2-6-16(18)21-23-26)14-20(25-10-12-28-13-11-25)27-19-9-5-3-7-17(19)22-24-27/h2-9,15,20H,10-14H2,1H3. The molecule has 28 heavy (non-hydrogen) atoms. The molecule has 3 heterocycles. The number of aromatic nitrogens is 6. The van der Waals surface area contributed by atoms with E-state index in [0.717, 1.165) is 54.8 Å². The monoisotopic (exact) mass is 377 g/mol. The minimum absolute atomic E-state index is 0.0780. The minimum Gasteiger partial charge on any atom is -0.379 e. The fourth-order valence-corrected chi connectivity index (χ4v) is 4.00. The molecule has 1 aliphatic rings. The molecule has 0 saturated carbocycles. The van der Waals surface area contributed by atoms with Crippen molar-refractivity contribution in [2.45, 2.75) is 25.6 Å². The van der Waals surface area contributed by atoms with Gasteiger partial charge in [0.2, 0.25) is 0 Å². The Hall–Kier alpha value is -2.84. The van der Waals surface area contributed by atoms with E-state index < -0.39 is 0 Å². The largest absolute Gasteiger partial charge is 0.379 e. The van der Waals surface area contributed by atoms with E-state index in [2.05, 4.69) is 49.3 Å². The minimum atomic E-state index is 0.0780. The van der Waals surface area contributed by atoms with Gasteiger partial charge in [0.05, 0.1) is 30.3 Å². The van der Waals surface area contributed by atoms with Crippen LogP contribution in [0, 0.1) is 0 Å². The van der Waals surface area contributed by atoms with Crippen molar-refractivity contribution in [3.63, 3.8) is 0 Å². The van der Waals surface area contributed by atoms with Crippen LogP contribution >= 0.6 is 0 Å². The van der Waals surface area contributed by atoms with Crippen LogP contribution in [0.1, 0.15) is 25.6 Å². The van der Waals surface area contributed by atoms with Crippen molar-refractivity contribution in [2.24, 2.45) is 0 Å². The summed E-state index contributed by atoms with van der Waals surface area (Å²) >= 11 is 0.